The summed E-state index contributed by atoms with van der Waals surface area (Å²) < 4.78 is 5.57. The van der Waals surface area contributed by atoms with Crippen molar-refractivity contribution in [2.45, 2.75) is 46.8 Å². The molecule has 1 fully saturated rings. The SMILES string of the molecule is CC(C)N=C1O[C@@H](C(C)C)C1C. The number of hydrogen-bond acceptors (Lipinski definition) is 2. The lowest BCUT2D eigenvalue weighted by molar-refractivity contribution is 0.0270. The molecule has 0 aromatic heterocycles. The van der Waals surface area contributed by atoms with Crippen molar-refractivity contribution in [3.8, 4) is 0 Å². The van der Waals surface area contributed by atoms with Crippen LogP contribution >= 0.6 is 0 Å². The molecule has 0 aromatic carbocycles. The van der Waals surface area contributed by atoms with Crippen molar-refractivity contribution in [3.05, 3.63) is 0 Å². The van der Waals surface area contributed by atoms with Gasteiger partial charge >= 0.3 is 0 Å². The zero-order valence-corrected chi connectivity index (χ0v) is 8.66. The molecule has 70 valence electrons. The predicted molar refractivity (Wildman–Crippen MR) is 51.4 cm³/mol. The first kappa shape index (κ1) is 9.56. The van der Waals surface area contributed by atoms with Crippen molar-refractivity contribution >= 4 is 5.90 Å². The fourth-order valence-corrected chi connectivity index (χ4v) is 1.53. The molecule has 0 spiro atoms. The normalized spacial score (nSPS) is 32.4. The Hall–Kier alpha value is -0.530. The fourth-order valence-electron chi connectivity index (χ4n) is 1.53. The van der Waals surface area contributed by atoms with Crippen molar-refractivity contribution < 1.29 is 4.74 Å². The minimum Gasteiger partial charge on any atom is -0.476 e. The first-order chi connectivity index (χ1) is 5.52. The Morgan fingerprint density at radius 2 is 1.83 bits per heavy atom. The van der Waals surface area contributed by atoms with Crippen LogP contribution in [0.1, 0.15) is 34.6 Å². The van der Waals surface area contributed by atoms with Gasteiger partial charge in [0.2, 0.25) is 0 Å². The van der Waals surface area contributed by atoms with Gasteiger partial charge in [0, 0.05) is 6.04 Å². The van der Waals surface area contributed by atoms with E-state index < -0.39 is 0 Å². The second-order valence-electron chi connectivity index (χ2n) is 4.18. The molecule has 0 aromatic rings. The van der Waals surface area contributed by atoms with E-state index in [-0.39, 0.29) is 0 Å². The van der Waals surface area contributed by atoms with Crippen LogP contribution in [0.3, 0.4) is 0 Å². The molecular weight excluding hydrogens is 150 g/mol. The molecule has 1 rings (SSSR count). The first-order valence-electron chi connectivity index (χ1n) is 4.76. The lowest BCUT2D eigenvalue weighted by Gasteiger charge is -2.39. The average Bonchev–Trinajstić information content (AvgIpc) is 1.95. The molecule has 0 bridgehead atoms. The second kappa shape index (κ2) is 3.46. The van der Waals surface area contributed by atoms with Gasteiger partial charge in [-0.25, -0.2) is 0 Å². The summed E-state index contributed by atoms with van der Waals surface area (Å²) in [5.74, 6) is 2.07. The number of rotatable bonds is 2. The van der Waals surface area contributed by atoms with Crippen LogP contribution in [0.25, 0.3) is 0 Å². The maximum atomic E-state index is 5.57. The Kier molecular flexibility index (Phi) is 2.76. The zero-order chi connectivity index (χ0) is 9.30. The molecule has 1 aliphatic heterocycles. The molecule has 2 atom stereocenters. The van der Waals surface area contributed by atoms with E-state index in [0.29, 0.717) is 24.0 Å². The molecular formula is C10H19NO. The molecule has 2 heteroatoms. The van der Waals surface area contributed by atoms with Crippen molar-refractivity contribution in [3.63, 3.8) is 0 Å². The molecule has 0 aliphatic carbocycles. The molecule has 1 aliphatic rings. The maximum Gasteiger partial charge on any atom is 0.190 e. The highest BCUT2D eigenvalue weighted by atomic mass is 16.5. The highest BCUT2D eigenvalue weighted by Crippen LogP contribution is 2.29. The van der Waals surface area contributed by atoms with Gasteiger partial charge < -0.3 is 4.74 Å². The van der Waals surface area contributed by atoms with Crippen molar-refractivity contribution in [1.82, 2.24) is 0 Å². The van der Waals surface area contributed by atoms with Gasteiger partial charge in [-0.05, 0) is 19.8 Å². The average molecular weight is 169 g/mol. The Bertz CT molecular complexity index is 184. The van der Waals surface area contributed by atoms with Crippen LogP contribution in [-0.2, 0) is 4.74 Å². The Labute approximate surface area is 75.0 Å². The lowest BCUT2D eigenvalue weighted by atomic mass is 9.89. The quantitative estimate of drug-likeness (QED) is 0.622. The van der Waals surface area contributed by atoms with E-state index in [4.69, 9.17) is 4.74 Å². The summed E-state index contributed by atoms with van der Waals surface area (Å²) in [5.41, 5.74) is 0. The molecule has 1 saturated heterocycles. The smallest absolute Gasteiger partial charge is 0.190 e. The molecule has 1 unspecified atom stereocenters. The second-order valence-corrected chi connectivity index (χ2v) is 4.18. The molecule has 0 saturated carbocycles. The standard InChI is InChI=1S/C10H19NO/c1-6(2)9-8(5)10(12-9)11-7(3)4/h6-9H,1-5H3/t8?,9-/m0/s1. The van der Waals surface area contributed by atoms with Gasteiger partial charge in [0.05, 0.1) is 5.92 Å². The molecule has 2 nitrogen and oxygen atoms in total. The Morgan fingerprint density at radius 3 is 2.17 bits per heavy atom. The Morgan fingerprint density at radius 1 is 1.25 bits per heavy atom. The van der Waals surface area contributed by atoms with Crippen LogP contribution in [0.5, 0.6) is 0 Å². The fraction of sp³-hybridized carbons (Fsp3) is 0.900. The predicted octanol–water partition coefficient (Wildman–Crippen LogP) is 2.48. The van der Waals surface area contributed by atoms with Gasteiger partial charge in [-0.2, -0.15) is 0 Å². The summed E-state index contributed by atoms with van der Waals surface area (Å²) in [6, 6.07) is 0.357. The molecule has 12 heavy (non-hydrogen) atoms. The van der Waals surface area contributed by atoms with E-state index in [9.17, 15) is 0 Å². The van der Waals surface area contributed by atoms with Gasteiger partial charge in [0.1, 0.15) is 6.10 Å². The minimum atomic E-state index is 0.357. The van der Waals surface area contributed by atoms with Crippen LogP contribution in [0.15, 0.2) is 4.99 Å². The number of aliphatic imine (C=N–C) groups is 1. The van der Waals surface area contributed by atoms with Gasteiger partial charge in [-0.3, -0.25) is 4.99 Å². The van der Waals surface area contributed by atoms with Crippen molar-refractivity contribution in [1.29, 1.82) is 0 Å². The van der Waals surface area contributed by atoms with E-state index in [1.54, 1.807) is 0 Å². The van der Waals surface area contributed by atoms with Crippen LogP contribution in [0, 0.1) is 11.8 Å². The van der Waals surface area contributed by atoms with Gasteiger partial charge in [-0.15, -0.1) is 0 Å². The molecule has 1 heterocycles. The maximum absolute atomic E-state index is 5.57. The van der Waals surface area contributed by atoms with Gasteiger partial charge in [0.15, 0.2) is 5.90 Å². The van der Waals surface area contributed by atoms with E-state index in [1.165, 1.54) is 0 Å². The van der Waals surface area contributed by atoms with Crippen LogP contribution < -0.4 is 0 Å². The zero-order valence-electron chi connectivity index (χ0n) is 8.66. The molecule has 0 N–H and O–H groups in total. The highest BCUT2D eigenvalue weighted by Gasteiger charge is 2.38. The number of nitrogens with zero attached hydrogens (tertiary/aromatic N) is 1. The minimum absolute atomic E-state index is 0.357. The highest BCUT2D eigenvalue weighted by molar-refractivity contribution is 5.84. The van der Waals surface area contributed by atoms with Crippen molar-refractivity contribution in [2.24, 2.45) is 16.8 Å². The monoisotopic (exact) mass is 169 g/mol. The van der Waals surface area contributed by atoms with Gasteiger partial charge in [-0.1, -0.05) is 20.8 Å². The van der Waals surface area contributed by atoms with E-state index >= 15 is 0 Å². The third-order valence-electron chi connectivity index (χ3n) is 2.18. The lowest BCUT2D eigenvalue weighted by Crippen LogP contribution is -2.46. The summed E-state index contributed by atoms with van der Waals surface area (Å²) in [7, 11) is 0. The summed E-state index contributed by atoms with van der Waals surface area (Å²) >= 11 is 0. The topological polar surface area (TPSA) is 21.6 Å². The van der Waals surface area contributed by atoms with E-state index in [1.807, 2.05) is 0 Å². The van der Waals surface area contributed by atoms with Crippen LogP contribution in [0.2, 0.25) is 0 Å². The largest absolute Gasteiger partial charge is 0.476 e. The first-order valence-corrected chi connectivity index (χ1v) is 4.76. The summed E-state index contributed by atoms with van der Waals surface area (Å²) in [6.07, 6.45) is 0.391. The summed E-state index contributed by atoms with van der Waals surface area (Å²) in [5, 5.41) is 0. The number of hydrogen-bond donors (Lipinski definition) is 0. The summed E-state index contributed by atoms with van der Waals surface area (Å²) in [6.45, 7) is 10.7. The number of ether oxygens (including phenoxy) is 1. The Balaban J connectivity index is 2.48. The third kappa shape index (κ3) is 1.79. The third-order valence-corrected chi connectivity index (χ3v) is 2.18. The molecule has 0 amide bonds. The van der Waals surface area contributed by atoms with E-state index in [2.05, 4.69) is 39.6 Å². The van der Waals surface area contributed by atoms with Crippen molar-refractivity contribution in [2.75, 3.05) is 0 Å². The van der Waals surface area contributed by atoms with Crippen LogP contribution in [-0.4, -0.2) is 18.0 Å². The summed E-state index contributed by atoms with van der Waals surface area (Å²) in [4.78, 5) is 4.39. The van der Waals surface area contributed by atoms with Crippen LogP contribution in [0.4, 0.5) is 0 Å². The van der Waals surface area contributed by atoms with Gasteiger partial charge in [0.25, 0.3) is 0 Å². The molecule has 0 radical (unpaired) electrons. The van der Waals surface area contributed by atoms with E-state index in [0.717, 1.165) is 5.90 Å².